The van der Waals surface area contributed by atoms with E-state index in [1.165, 1.54) is 37.9 Å². The van der Waals surface area contributed by atoms with Gasteiger partial charge in [0, 0.05) is 13.1 Å². The third-order valence-electron chi connectivity index (χ3n) is 2.93. The van der Waals surface area contributed by atoms with Crippen LogP contribution in [-0.4, -0.2) is 18.0 Å². The minimum atomic E-state index is 0.990. The Bertz CT molecular complexity index is 277. The van der Waals surface area contributed by atoms with Crippen LogP contribution in [0.5, 0.6) is 0 Å². The second-order valence-electron chi connectivity index (χ2n) is 4.59. The lowest BCUT2D eigenvalue weighted by molar-refractivity contribution is 0.255. The molecule has 1 saturated carbocycles. The van der Waals surface area contributed by atoms with Crippen molar-refractivity contribution >= 4 is 0 Å². The van der Waals surface area contributed by atoms with Crippen LogP contribution in [0.15, 0.2) is 24.3 Å². The molecule has 15 heavy (non-hydrogen) atoms. The van der Waals surface area contributed by atoms with Crippen LogP contribution in [0.1, 0.15) is 31.7 Å². The zero-order valence-corrected chi connectivity index (χ0v) is 9.58. The summed E-state index contributed by atoms with van der Waals surface area (Å²) in [6, 6.07) is 11.5. The van der Waals surface area contributed by atoms with Crippen LogP contribution in [0.2, 0.25) is 0 Å². The molecule has 0 saturated heterocycles. The Labute approximate surface area is 93.1 Å². The van der Waals surface area contributed by atoms with Crippen LogP contribution < -0.4 is 0 Å². The van der Waals surface area contributed by atoms with Crippen molar-refractivity contribution in [1.82, 2.24) is 4.90 Å². The van der Waals surface area contributed by atoms with Gasteiger partial charge in [-0.1, -0.05) is 25.1 Å². The maximum absolute atomic E-state index is 3.15. The van der Waals surface area contributed by atoms with E-state index in [2.05, 4.69) is 36.1 Å². The third kappa shape index (κ3) is 3.67. The number of hydrogen-bond acceptors (Lipinski definition) is 1. The highest BCUT2D eigenvalue weighted by atomic mass is 15.1. The summed E-state index contributed by atoms with van der Waals surface area (Å²) in [7, 11) is 0. The van der Waals surface area contributed by atoms with Crippen molar-refractivity contribution in [2.75, 3.05) is 13.1 Å². The molecule has 0 aromatic heterocycles. The standard InChI is InChI=1S/C14H20N/c1-2-10-15(12-14-8-9-14)11-13-6-4-3-5-7-13/h3-4,6-7,14H,2,8-12H2,1H3. The lowest BCUT2D eigenvalue weighted by Gasteiger charge is -2.21. The molecule has 0 atom stereocenters. The Balaban J connectivity index is 1.87. The molecule has 1 aliphatic rings. The molecular formula is C14H20N. The largest absolute Gasteiger partial charge is 0.299 e. The summed E-state index contributed by atoms with van der Waals surface area (Å²) in [5.41, 5.74) is 1.40. The van der Waals surface area contributed by atoms with Crippen molar-refractivity contribution in [2.45, 2.75) is 32.7 Å². The van der Waals surface area contributed by atoms with Crippen LogP contribution >= 0.6 is 0 Å². The molecule has 1 aliphatic carbocycles. The lowest BCUT2D eigenvalue weighted by atomic mass is 10.2. The van der Waals surface area contributed by atoms with E-state index in [4.69, 9.17) is 0 Å². The Morgan fingerprint density at radius 1 is 1.47 bits per heavy atom. The van der Waals surface area contributed by atoms with Crippen molar-refractivity contribution in [1.29, 1.82) is 0 Å². The van der Waals surface area contributed by atoms with Gasteiger partial charge in [-0.3, -0.25) is 4.90 Å². The Morgan fingerprint density at radius 3 is 2.93 bits per heavy atom. The first-order valence-electron chi connectivity index (χ1n) is 6.06. The Hall–Kier alpha value is -0.820. The predicted molar refractivity (Wildman–Crippen MR) is 63.6 cm³/mol. The summed E-state index contributed by atoms with van der Waals surface area (Å²) in [5, 5.41) is 0. The fourth-order valence-electron chi connectivity index (χ4n) is 2.00. The number of nitrogens with zero attached hydrogens (tertiary/aromatic N) is 1. The molecule has 0 aliphatic heterocycles. The lowest BCUT2D eigenvalue weighted by Crippen LogP contribution is -2.26. The van der Waals surface area contributed by atoms with E-state index >= 15 is 0 Å². The fraction of sp³-hybridized carbons (Fsp3) is 0.571. The average molecular weight is 202 g/mol. The van der Waals surface area contributed by atoms with Crippen LogP contribution in [0, 0.1) is 12.0 Å². The maximum atomic E-state index is 3.15. The number of rotatable bonds is 6. The summed E-state index contributed by atoms with van der Waals surface area (Å²) in [6.07, 6.45) is 4.14. The smallest absolute Gasteiger partial charge is 0.0234 e. The average Bonchev–Trinajstić information content (AvgIpc) is 3.03. The molecule has 2 rings (SSSR count). The highest BCUT2D eigenvalue weighted by Crippen LogP contribution is 2.30. The molecule has 1 aromatic carbocycles. The van der Waals surface area contributed by atoms with Gasteiger partial charge in [-0.15, -0.1) is 0 Å². The van der Waals surface area contributed by atoms with E-state index in [9.17, 15) is 0 Å². The SMILES string of the molecule is CCCN(Cc1c[c]ccc1)CC1CC1. The van der Waals surface area contributed by atoms with Gasteiger partial charge in [-0.2, -0.15) is 0 Å². The first kappa shape index (κ1) is 10.7. The second-order valence-corrected chi connectivity index (χ2v) is 4.59. The van der Waals surface area contributed by atoms with E-state index in [1.807, 2.05) is 6.07 Å². The van der Waals surface area contributed by atoms with Gasteiger partial charge in [-0.05, 0) is 49.4 Å². The molecule has 1 radical (unpaired) electrons. The van der Waals surface area contributed by atoms with Gasteiger partial charge in [0.1, 0.15) is 0 Å². The Kier molecular flexibility index (Phi) is 3.79. The third-order valence-corrected chi connectivity index (χ3v) is 2.93. The summed E-state index contributed by atoms with van der Waals surface area (Å²) in [5.74, 6) is 0.990. The quantitative estimate of drug-likeness (QED) is 0.685. The van der Waals surface area contributed by atoms with Crippen molar-refractivity contribution < 1.29 is 0 Å². The zero-order valence-electron chi connectivity index (χ0n) is 9.58. The second kappa shape index (κ2) is 5.32. The normalized spacial score (nSPS) is 15.9. The van der Waals surface area contributed by atoms with E-state index in [0.29, 0.717) is 0 Å². The first-order chi connectivity index (χ1) is 7.38. The molecule has 0 amide bonds. The van der Waals surface area contributed by atoms with Gasteiger partial charge in [0.2, 0.25) is 0 Å². The molecular weight excluding hydrogens is 182 g/mol. The molecule has 1 nitrogen and oxygen atoms in total. The van der Waals surface area contributed by atoms with Gasteiger partial charge < -0.3 is 0 Å². The molecule has 81 valence electrons. The molecule has 1 heteroatoms. The zero-order chi connectivity index (χ0) is 10.5. The van der Waals surface area contributed by atoms with Crippen LogP contribution in [0.4, 0.5) is 0 Å². The molecule has 0 spiro atoms. The monoisotopic (exact) mass is 202 g/mol. The minimum Gasteiger partial charge on any atom is -0.299 e. The highest BCUT2D eigenvalue weighted by Gasteiger charge is 2.23. The molecule has 1 aromatic rings. The molecule has 0 bridgehead atoms. The van der Waals surface area contributed by atoms with Crippen molar-refractivity contribution in [3.05, 3.63) is 35.9 Å². The minimum absolute atomic E-state index is 0.990. The fourth-order valence-corrected chi connectivity index (χ4v) is 2.00. The topological polar surface area (TPSA) is 3.24 Å². The van der Waals surface area contributed by atoms with Crippen molar-refractivity contribution in [2.24, 2.45) is 5.92 Å². The summed E-state index contributed by atoms with van der Waals surface area (Å²) in [4.78, 5) is 2.58. The van der Waals surface area contributed by atoms with Gasteiger partial charge in [-0.25, -0.2) is 0 Å². The first-order valence-corrected chi connectivity index (χ1v) is 6.06. The van der Waals surface area contributed by atoms with Crippen molar-refractivity contribution in [3.63, 3.8) is 0 Å². The molecule has 0 N–H and O–H groups in total. The predicted octanol–water partition coefficient (Wildman–Crippen LogP) is 3.11. The van der Waals surface area contributed by atoms with E-state index in [-0.39, 0.29) is 0 Å². The number of benzene rings is 1. The summed E-state index contributed by atoms with van der Waals surface area (Å²) >= 11 is 0. The molecule has 0 heterocycles. The summed E-state index contributed by atoms with van der Waals surface area (Å²) in [6.45, 7) is 5.88. The van der Waals surface area contributed by atoms with E-state index in [1.54, 1.807) is 0 Å². The van der Waals surface area contributed by atoms with E-state index < -0.39 is 0 Å². The Morgan fingerprint density at radius 2 is 2.33 bits per heavy atom. The van der Waals surface area contributed by atoms with Crippen LogP contribution in [0.25, 0.3) is 0 Å². The van der Waals surface area contributed by atoms with Gasteiger partial charge in [0.05, 0.1) is 0 Å². The van der Waals surface area contributed by atoms with E-state index in [0.717, 1.165) is 12.5 Å². The van der Waals surface area contributed by atoms with Gasteiger partial charge in [0.25, 0.3) is 0 Å². The van der Waals surface area contributed by atoms with Crippen LogP contribution in [-0.2, 0) is 6.54 Å². The molecule has 0 unspecified atom stereocenters. The maximum Gasteiger partial charge on any atom is 0.0234 e. The highest BCUT2D eigenvalue weighted by molar-refractivity contribution is 5.13. The summed E-state index contributed by atoms with van der Waals surface area (Å²) < 4.78 is 0. The van der Waals surface area contributed by atoms with Crippen molar-refractivity contribution in [3.8, 4) is 0 Å². The van der Waals surface area contributed by atoms with Gasteiger partial charge >= 0.3 is 0 Å². The van der Waals surface area contributed by atoms with Crippen LogP contribution in [0.3, 0.4) is 0 Å². The number of hydrogen-bond donors (Lipinski definition) is 0. The molecule has 1 fully saturated rings. The van der Waals surface area contributed by atoms with Gasteiger partial charge in [0.15, 0.2) is 0 Å².